The fourth-order valence-corrected chi connectivity index (χ4v) is 1.78. The van der Waals surface area contributed by atoms with Gasteiger partial charge in [0.15, 0.2) is 0 Å². The Morgan fingerprint density at radius 3 is 2.45 bits per heavy atom. The Labute approximate surface area is 68.3 Å². The Morgan fingerprint density at radius 2 is 2.09 bits per heavy atom. The molecule has 0 spiro atoms. The van der Waals surface area contributed by atoms with Crippen LogP contribution in [0, 0.1) is 5.92 Å². The third-order valence-electron chi connectivity index (χ3n) is 2.75. The minimum Gasteiger partial charge on any atom is -0.356 e. The van der Waals surface area contributed by atoms with Crippen LogP contribution in [0.15, 0.2) is 0 Å². The Kier molecular flexibility index (Phi) is 1.69. The van der Waals surface area contributed by atoms with Crippen molar-refractivity contribution >= 4 is 0 Å². The van der Waals surface area contributed by atoms with Crippen molar-refractivity contribution in [3.63, 3.8) is 0 Å². The van der Waals surface area contributed by atoms with Crippen LogP contribution in [0.25, 0.3) is 0 Å². The minimum absolute atomic E-state index is 0.0697. The first kappa shape index (κ1) is 7.56. The molecule has 1 saturated carbocycles. The van der Waals surface area contributed by atoms with Gasteiger partial charge in [-0.15, -0.1) is 0 Å². The molecule has 1 N–H and O–H groups in total. The second kappa shape index (κ2) is 2.46. The summed E-state index contributed by atoms with van der Waals surface area (Å²) in [5.74, 6) is 0.803. The molecule has 1 aliphatic carbocycles. The van der Waals surface area contributed by atoms with E-state index in [1.807, 2.05) is 0 Å². The van der Waals surface area contributed by atoms with E-state index in [1.165, 1.54) is 19.3 Å². The van der Waals surface area contributed by atoms with E-state index < -0.39 is 0 Å². The van der Waals surface area contributed by atoms with Crippen molar-refractivity contribution in [1.29, 1.82) is 0 Å². The summed E-state index contributed by atoms with van der Waals surface area (Å²) >= 11 is 0. The van der Waals surface area contributed by atoms with Gasteiger partial charge in [-0.05, 0) is 32.6 Å². The second-order valence-electron chi connectivity index (χ2n) is 4.37. The molecule has 0 radical (unpaired) electrons. The van der Waals surface area contributed by atoms with Crippen LogP contribution >= 0.6 is 0 Å². The highest BCUT2D eigenvalue weighted by molar-refractivity contribution is 4.87. The summed E-state index contributed by atoms with van der Waals surface area (Å²) in [4.78, 5) is 0. The van der Waals surface area contributed by atoms with Gasteiger partial charge in [0.25, 0.3) is 0 Å². The van der Waals surface area contributed by atoms with Crippen molar-refractivity contribution < 1.29 is 4.74 Å². The molecular weight excluding hydrogens is 138 g/mol. The molecule has 2 rings (SSSR count). The molecule has 2 fully saturated rings. The first-order valence-electron chi connectivity index (χ1n) is 4.59. The average molecular weight is 155 g/mol. The summed E-state index contributed by atoms with van der Waals surface area (Å²) in [7, 11) is 0. The van der Waals surface area contributed by atoms with E-state index in [0.717, 1.165) is 12.5 Å². The number of ether oxygens (including phenoxy) is 1. The van der Waals surface area contributed by atoms with Gasteiger partial charge in [0.2, 0.25) is 0 Å². The Hall–Kier alpha value is -0.0800. The molecule has 11 heavy (non-hydrogen) atoms. The van der Waals surface area contributed by atoms with E-state index in [0.29, 0.717) is 6.23 Å². The van der Waals surface area contributed by atoms with E-state index in [1.54, 1.807) is 0 Å². The fourth-order valence-electron chi connectivity index (χ4n) is 1.78. The van der Waals surface area contributed by atoms with Crippen LogP contribution in [0.3, 0.4) is 0 Å². The quantitative estimate of drug-likeness (QED) is 0.619. The van der Waals surface area contributed by atoms with Crippen LogP contribution in [-0.2, 0) is 4.74 Å². The van der Waals surface area contributed by atoms with Crippen molar-refractivity contribution in [2.45, 2.75) is 44.9 Å². The average Bonchev–Trinajstić information content (AvgIpc) is 2.05. The third kappa shape index (κ3) is 1.42. The van der Waals surface area contributed by atoms with Crippen LogP contribution in [0.4, 0.5) is 0 Å². The molecule has 2 heteroatoms. The Bertz CT molecular complexity index is 152. The number of hydrogen-bond acceptors (Lipinski definition) is 2. The molecule has 1 atom stereocenters. The van der Waals surface area contributed by atoms with Gasteiger partial charge >= 0.3 is 0 Å². The molecule has 1 heterocycles. The highest BCUT2D eigenvalue weighted by atomic mass is 16.5. The molecule has 0 aromatic carbocycles. The first-order chi connectivity index (χ1) is 5.17. The van der Waals surface area contributed by atoms with Crippen molar-refractivity contribution in [3.8, 4) is 0 Å². The lowest BCUT2D eigenvalue weighted by molar-refractivity contribution is -0.0586. The van der Waals surface area contributed by atoms with E-state index in [-0.39, 0.29) is 5.60 Å². The van der Waals surface area contributed by atoms with E-state index >= 15 is 0 Å². The van der Waals surface area contributed by atoms with Gasteiger partial charge in [0.05, 0.1) is 5.60 Å². The van der Waals surface area contributed by atoms with Crippen molar-refractivity contribution in [2.75, 3.05) is 6.54 Å². The highest BCUT2D eigenvalue weighted by Crippen LogP contribution is 2.34. The van der Waals surface area contributed by atoms with Crippen molar-refractivity contribution in [3.05, 3.63) is 0 Å². The minimum atomic E-state index is 0.0697. The standard InChI is InChI=1S/C9H17NO/c1-9(2)6-10-8(11-9)7-4-3-5-7/h7-8,10H,3-6H2,1-2H3. The van der Waals surface area contributed by atoms with Gasteiger partial charge < -0.3 is 4.74 Å². The monoisotopic (exact) mass is 155 g/mol. The van der Waals surface area contributed by atoms with E-state index in [4.69, 9.17) is 4.74 Å². The lowest BCUT2D eigenvalue weighted by atomic mass is 9.84. The van der Waals surface area contributed by atoms with Crippen LogP contribution in [0.2, 0.25) is 0 Å². The predicted octanol–water partition coefficient (Wildman–Crippen LogP) is 1.51. The molecule has 1 unspecified atom stereocenters. The van der Waals surface area contributed by atoms with Crippen LogP contribution < -0.4 is 5.32 Å². The van der Waals surface area contributed by atoms with Gasteiger partial charge in [0.1, 0.15) is 6.23 Å². The highest BCUT2D eigenvalue weighted by Gasteiger charge is 2.37. The van der Waals surface area contributed by atoms with Gasteiger partial charge in [-0.3, -0.25) is 5.32 Å². The molecule has 0 bridgehead atoms. The smallest absolute Gasteiger partial charge is 0.111 e. The third-order valence-corrected chi connectivity index (χ3v) is 2.75. The van der Waals surface area contributed by atoms with Crippen LogP contribution in [-0.4, -0.2) is 18.4 Å². The predicted molar refractivity (Wildman–Crippen MR) is 44.3 cm³/mol. The second-order valence-corrected chi connectivity index (χ2v) is 4.37. The zero-order valence-electron chi connectivity index (χ0n) is 7.39. The molecule has 0 aromatic heterocycles. The van der Waals surface area contributed by atoms with Gasteiger partial charge in [-0.25, -0.2) is 0 Å². The van der Waals surface area contributed by atoms with Crippen LogP contribution in [0.5, 0.6) is 0 Å². The van der Waals surface area contributed by atoms with E-state index in [9.17, 15) is 0 Å². The van der Waals surface area contributed by atoms with Crippen LogP contribution in [0.1, 0.15) is 33.1 Å². The summed E-state index contributed by atoms with van der Waals surface area (Å²) in [5.41, 5.74) is 0.0697. The molecule has 64 valence electrons. The van der Waals surface area contributed by atoms with Gasteiger partial charge in [0, 0.05) is 6.54 Å². The Balaban J connectivity index is 1.88. The number of rotatable bonds is 1. The molecule has 2 nitrogen and oxygen atoms in total. The Morgan fingerprint density at radius 1 is 1.36 bits per heavy atom. The van der Waals surface area contributed by atoms with E-state index in [2.05, 4.69) is 19.2 Å². The summed E-state index contributed by atoms with van der Waals surface area (Å²) in [5, 5.41) is 3.43. The molecular formula is C9H17NO. The zero-order chi connectivity index (χ0) is 7.90. The molecule has 1 saturated heterocycles. The molecule has 1 aliphatic heterocycles. The number of hydrogen-bond donors (Lipinski definition) is 1. The maximum absolute atomic E-state index is 5.84. The number of nitrogens with one attached hydrogen (secondary N) is 1. The SMILES string of the molecule is CC1(C)CNC(C2CCC2)O1. The fraction of sp³-hybridized carbons (Fsp3) is 1.00. The lowest BCUT2D eigenvalue weighted by Crippen LogP contribution is -2.35. The maximum Gasteiger partial charge on any atom is 0.111 e. The first-order valence-corrected chi connectivity index (χ1v) is 4.59. The lowest BCUT2D eigenvalue weighted by Gasteiger charge is -2.31. The van der Waals surface area contributed by atoms with Crippen molar-refractivity contribution in [2.24, 2.45) is 5.92 Å². The molecule has 0 aromatic rings. The van der Waals surface area contributed by atoms with Crippen molar-refractivity contribution in [1.82, 2.24) is 5.32 Å². The van der Waals surface area contributed by atoms with Gasteiger partial charge in [-0.1, -0.05) is 6.42 Å². The normalized spacial score (nSPS) is 37.1. The zero-order valence-corrected chi connectivity index (χ0v) is 7.39. The molecule has 0 amide bonds. The maximum atomic E-state index is 5.84. The summed E-state index contributed by atoms with van der Waals surface area (Å²) in [6.07, 6.45) is 4.47. The summed E-state index contributed by atoms with van der Waals surface area (Å²) in [6.45, 7) is 5.31. The summed E-state index contributed by atoms with van der Waals surface area (Å²) in [6, 6.07) is 0. The topological polar surface area (TPSA) is 21.3 Å². The summed E-state index contributed by atoms with van der Waals surface area (Å²) < 4.78 is 5.84. The molecule has 2 aliphatic rings. The van der Waals surface area contributed by atoms with Gasteiger partial charge in [-0.2, -0.15) is 0 Å². The largest absolute Gasteiger partial charge is 0.356 e.